The third-order valence-electron chi connectivity index (χ3n) is 7.01. The number of nitrogens with one attached hydrogen (secondary N) is 2. The molecule has 2 N–H and O–H groups in total. The van der Waals surface area contributed by atoms with Gasteiger partial charge in [-0.1, -0.05) is 26.2 Å². The molecular formula is C25H37N5O5S. The van der Waals surface area contributed by atoms with Crippen LogP contribution >= 0.6 is 0 Å². The first-order valence-electron chi connectivity index (χ1n) is 13.0. The van der Waals surface area contributed by atoms with Gasteiger partial charge in [-0.15, -0.1) is 0 Å². The number of nitrogens with zero attached hydrogens (tertiary/aromatic N) is 3. The minimum Gasteiger partial charge on any atom is -0.356 e. The Morgan fingerprint density at radius 1 is 1.11 bits per heavy atom. The van der Waals surface area contributed by atoms with Gasteiger partial charge < -0.3 is 15.4 Å². The second-order valence-corrected chi connectivity index (χ2v) is 11.7. The number of sulfonamides is 1. The highest BCUT2D eigenvalue weighted by atomic mass is 32.2. The van der Waals surface area contributed by atoms with E-state index in [1.54, 1.807) is 28.8 Å². The highest BCUT2D eigenvalue weighted by Crippen LogP contribution is 2.28. The molecule has 2 aliphatic rings. The van der Waals surface area contributed by atoms with Gasteiger partial charge >= 0.3 is 0 Å². The number of morpholine rings is 1. The monoisotopic (exact) mass is 519 g/mol. The van der Waals surface area contributed by atoms with Gasteiger partial charge in [0.15, 0.2) is 0 Å². The van der Waals surface area contributed by atoms with Crippen LogP contribution in [0.2, 0.25) is 0 Å². The number of hydrogen-bond acceptors (Lipinski definition) is 9. The highest BCUT2D eigenvalue weighted by molar-refractivity contribution is 7.89. The number of anilines is 3. The Morgan fingerprint density at radius 2 is 1.86 bits per heavy atom. The summed E-state index contributed by atoms with van der Waals surface area (Å²) in [5, 5.41) is 6.07. The summed E-state index contributed by atoms with van der Waals surface area (Å²) in [7, 11) is -3.23. The lowest BCUT2D eigenvalue weighted by Gasteiger charge is -2.38. The van der Waals surface area contributed by atoms with Crippen LogP contribution in [-0.4, -0.2) is 73.4 Å². The zero-order valence-corrected chi connectivity index (χ0v) is 21.8. The van der Waals surface area contributed by atoms with E-state index in [0.717, 1.165) is 51.6 Å². The third kappa shape index (κ3) is 6.50. The van der Waals surface area contributed by atoms with Gasteiger partial charge in [0.1, 0.15) is 17.6 Å². The summed E-state index contributed by atoms with van der Waals surface area (Å²) < 4.78 is 33.5. The second-order valence-electron chi connectivity index (χ2n) is 9.65. The van der Waals surface area contributed by atoms with Gasteiger partial charge in [-0.25, -0.2) is 8.42 Å². The Morgan fingerprint density at radius 3 is 2.56 bits per heavy atom. The fraction of sp³-hybridized carbons (Fsp3) is 0.640. The molecule has 36 heavy (non-hydrogen) atoms. The minimum absolute atomic E-state index is 0.149. The summed E-state index contributed by atoms with van der Waals surface area (Å²) in [4.78, 5) is 30.5. The van der Waals surface area contributed by atoms with E-state index in [0.29, 0.717) is 31.8 Å². The van der Waals surface area contributed by atoms with Crippen LogP contribution in [0, 0.1) is 0 Å². The number of aromatic nitrogens is 1. The van der Waals surface area contributed by atoms with Crippen LogP contribution in [-0.2, 0) is 14.8 Å². The van der Waals surface area contributed by atoms with Crippen molar-refractivity contribution in [1.29, 1.82) is 0 Å². The van der Waals surface area contributed by atoms with E-state index < -0.39 is 27.1 Å². The molecule has 1 aromatic carbocycles. The van der Waals surface area contributed by atoms with Crippen LogP contribution in [0.25, 0.3) is 0 Å². The van der Waals surface area contributed by atoms with Gasteiger partial charge in [0.05, 0.1) is 12.4 Å². The lowest BCUT2D eigenvalue weighted by atomic mass is 9.93. The van der Waals surface area contributed by atoms with Crippen molar-refractivity contribution in [3.8, 4) is 0 Å². The Labute approximate surface area is 212 Å². The maximum atomic E-state index is 13.0. The Hall–Kier alpha value is -2.34. The first-order chi connectivity index (χ1) is 17.4. The lowest BCUT2D eigenvalue weighted by molar-refractivity contribution is -0.0142. The Kier molecular flexibility index (Phi) is 9.10. The summed E-state index contributed by atoms with van der Waals surface area (Å²) in [5.74, 6) is 0.235. The molecule has 1 aliphatic heterocycles. The fourth-order valence-electron chi connectivity index (χ4n) is 4.71. The van der Waals surface area contributed by atoms with Gasteiger partial charge in [-0.3, -0.25) is 19.5 Å². The number of pyridine rings is 1. The quantitative estimate of drug-likeness (QED) is 0.286. The normalized spacial score (nSPS) is 19.4. The molecule has 1 saturated heterocycles. The van der Waals surface area contributed by atoms with Gasteiger partial charge in [-0.2, -0.15) is 4.31 Å². The zero-order chi connectivity index (χ0) is 25.5. The predicted molar refractivity (Wildman–Crippen MR) is 141 cm³/mol. The van der Waals surface area contributed by atoms with Crippen molar-refractivity contribution in [3.63, 3.8) is 0 Å². The molecular weight excluding hydrogens is 482 g/mol. The number of rotatable bonds is 14. The van der Waals surface area contributed by atoms with E-state index in [4.69, 9.17) is 4.74 Å². The first kappa shape index (κ1) is 26.7. The molecule has 1 aliphatic carbocycles. The van der Waals surface area contributed by atoms with Crippen LogP contribution in [0.3, 0.4) is 0 Å². The second kappa shape index (κ2) is 12.3. The molecule has 2 fully saturated rings. The van der Waals surface area contributed by atoms with Crippen LogP contribution < -0.4 is 21.5 Å². The molecule has 0 bridgehead atoms. The summed E-state index contributed by atoms with van der Waals surface area (Å²) in [6, 6.07) is 3.59. The van der Waals surface area contributed by atoms with Crippen LogP contribution in [0.15, 0.2) is 34.1 Å². The van der Waals surface area contributed by atoms with Crippen molar-refractivity contribution in [3.05, 3.63) is 45.0 Å². The molecule has 1 saturated carbocycles. The van der Waals surface area contributed by atoms with Crippen molar-refractivity contribution >= 4 is 27.1 Å². The number of ether oxygens (including phenoxy) is 1. The average Bonchev–Trinajstić information content (AvgIpc) is 2.85. The summed E-state index contributed by atoms with van der Waals surface area (Å²) in [6.45, 7) is 5.12. The van der Waals surface area contributed by atoms with Gasteiger partial charge in [0.25, 0.3) is 10.9 Å². The lowest BCUT2D eigenvalue weighted by Crippen LogP contribution is -2.50. The molecule has 1 unspecified atom stereocenters. The first-order valence-corrected chi connectivity index (χ1v) is 14.6. The van der Waals surface area contributed by atoms with Crippen molar-refractivity contribution < 1.29 is 13.2 Å². The largest absolute Gasteiger partial charge is 0.356 e. The Balaban J connectivity index is 1.29. The van der Waals surface area contributed by atoms with Crippen molar-refractivity contribution in [2.45, 2.75) is 64.1 Å². The molecule has 0 radical (unpaired) electrons. The summed E-state index contributed by atoms with van der Waals surface area (Å²) in [5.41, 5.74) is 0.0243. The molecule has 11 heteroatoms. The van der Waals surface area contributed by atoms with E-state index >= 15 is 0 Å². The van der Waals surface area contributed by atoms with Crippen LogP contribution in [0.4, 0.5) is 17.1 Å². The fourth-order valence-corrected chi connectivity index (χ4v) is 6.58. The number of hydrogen-bond donors (Lipinski definition) is 2. The molecule has 4 rings (SSSR count). The average molecular weight is 520 g/mol. The summed E-state index contributed by atoms with van der Waals surface area (Å²) in [6.07, 6.45) is 9.17. The van der Waals surface area contributed by atoms with Crippen molar-refractivity contribution in [2.24, 2.45) is 0 Å². The molecule has 1 aromatic heterocycles. The van der Waals surface area contributed by atoms with Crippen LogP contribution in [0.5, 0.6) is 0 Å². The van der Waals surface area contributed by atoms with Crippen LogP contribution in [0.1, 0.15) is 51.9 Å². The SMILES string of the molecule is CCCCCS(=O)(=O)N(CCCN1CCOC(Nc2c(Nc3ccncc3)c(=O)c2=O)C1)C1CCC1. The maximum absolute atomic E-state index is 13.0. The van der Waals surface area contributed by atoms with E-state index in [9.17, 15) is 18.0 Å². The van der Waals surface area contributed by atoms with Gasteiger partial charge in [0.2, 0.25) is 10.0 Å². The molecule has 2 aromatic rings. The number of unbranched alkanes of at least 4 members (excludes halogenated alkanes) is 2. The minimum atomic E-state index is -3.23. The van der Waals surface area contributed by atoms with Gasteiger partial charge in [0, 0.05) is 43.8 Å². The zero-order valence-electron chi connectivity index (χ0n) is 20.9. The highest BCUT2D eigenvalue weighted by Gasteiger charge is 2.33. The predicted octanol–water partition coefficient (Wildman–Crippen LogP) is 2.26. The topological polar surface area (TPSA) is 121 Å². The molecule has 198 valence electrons. The van der Waals surface area contributed by atoms with E-state index in [-0.39, 0.29) is 23.2 Å². The van der Waals surface area contributed by atoms with Crippen molar-refractivity contribution in [1.82, 2.24) is 14.2 Å². The van der Waals surface area contributed by atoms with Gasteiger partial charge in [-0.05, 0) is 44.4 Å². The van der Waals surface area contributed by atoms with E-state index in [1.807, 2.05) is 0 Å². The smallest absolute Gasteiger partial charge is 0.253 e. The molecule has 0 spiro atoms. The summed E-state index contributed by atoms with van der Waals surface area (Å²) >= 11 is 0. The molecule has 10 nitrogen and oxygen atoms in total. The standard InChI is InChI=1S/C25H37N5O5S/c1-2-3-4-17-36(33,34)30(20-7-5-8-20)14-6-13-29-15-16-35-21(18-29)28-23-22(24(31)25(23)32)27-19-9-11-26-12-10-19/h9-12,20-21,28H,2-8,13-18H2,1H3,(H,26,27). The van der Waals surface area contributed by atoms with E-state index in [2.05, 4.69) is 27.4 Å². The maximum Gasteiger partial charge on any atom is 0.253 e. The third-order valence-corrected chi connectivity index (χ3v) is 9.01. The molecule has 0 amide bonds. The molecule has 2 heterocycles. The van der Waals surface area contributed by atoms with Crippen molar-refractivity contribution in [2.75, 3.05) is 49.2 Å². The molecule has 1 atom stereocenters. The van der Waals surface area contributed by atoms with E-state index in [1.165, 1.54) is 0 Å². The Bertz CT molecular complexity index is 1160.